The maximum Gasteiger partial charge on any atom is 0.0998 e. The average molecular weight is 332 g/mol. The molecule has 0 aliphatic heterocycles. The van der Waals surface area contributed by atoms with Gasteiger partial charge in [0.15, 0.2) is 0 Å². The van der Waals surface area contributed by atoms with Gasteiger partial charge in [-0.15, -0.1) is 0 Å². The highest BCUT2D eigenvalue weighted by Gasteiger charge is 2.30. The highest BCUT2D eigenvalue weighted by Crippen LogP contribution is 2.35. The molecule has 2 aromatic rings. The van der Waals surface area contributed by atoms with Crippen LogP contribution in [0.1, 0.15) is 37.9 Å². The van der Waals surface area contributed by atoms with Crippen LogP contribution < -0.4 is 0 Å². The van der Waals surface area contributed by atoms with Gasteiger partial charge in [-0.05, 0) is 48.8 Å². The Hall–Kier alpha value is -2.44. The van der Waals surface area contributed by atoms with Crippen LogP contribution in [0.15, 0.2) is 48.7 Å². The van der Waals surface area contributed by atoms with Gasteiger partial charge in [0.25, 0.3) is 0 Å². The summed E-state index contributed by atoms with van der Waals surface area (Å²) >= 11 is 0. The number of allylic oxidation sites excluding steroid dienone is 1. The molecule has 4 atom stereocenters. The summed E-state index contributed by atoms with van der Waals surface area (Å²) in [5, 5.41) is 19.2. The number of hydrogen-bond donors (Lipinski definition) is 1. The number of aliphatic hydroxyl groups excluding tert-OH is 1. The lowest BCUT2D eigenvalue weighted by atomic mass is 9.72. The molecule has 0 radical (unpaired) electrons. The van der Waals surface area contributed by atoms with Crippen LogP contribution in [0.4, 0.5) is 0 Å². The van der Waals surface area contributed by atoms with Gasteiger partial charge in [-0.25, -0.2) is 0 Å². The molecule has 1 aromatic heterocycles. The van der Waals surface area contributed by atoms with Crippen LogP contribution in [0.2, 0.25) is 0 Å². The van der Waals surface area contributed by atoms with E-state index in [1.807, 2.05) is 48.7 Å². The second kappa shape index (κ2) is 7.63. The van der Waals surface area contributed by atoms with Crippen LogP contribution in [0, 0.1) is 29.1 Å². The Labute approximate surface area is 149 Å². The van der Waals surface area contributed by atoms with Crippen molar-refractivity contribution in [1.29, 1.82) is 5.26 Å². The lowest BCUT2D eigenvalue weighted by Crippen LogP contribution is -2.31. The Morgan fingerprint density at radius 1 is 1.16 bits per heavy atom. The number of rotatable bonds is 3. The maximum atomic E-state index is 10.0. The Kier molecular flexibility index (Phi) is 5.31. The number of aromatic nitrogens is 1. The van der Waals surface area contributed by atoms with E-state index in [1.54, 1.807) is 0 Å². The Morgan fingerprint density at radius 2 is 1.96 bits per heavy atom. The molecule has 3 heteroatoms. The molecular weight excluding hydrogens is 308 g/mol. The summed E-state index contributed by atoms with van der Waals surface area (Å²) in [4.78, 5) is 4.52. The lowest BCUT2D eigenvalue weighted by molar-refractivity contribution is 0.0562. The Balaban J connectivity index is 1.76. The highest BCUT2D eigenvalue weighted by molar-refractivity contribution is 5.70. The van der Waals surface area contributed by atoms with Crippen molar-refractivity contribution in [3.05, 3.63) is 59.9 Å². The molecule has 3 rings (SSSR count). The molecule has 25 heavy (non-hydrogen) atoms. The fraction of sp³-hybridized carbons (Fsp3) is 0.364. The minimum absolute atomic E-state index is 0.196. The second-order valence-corrected chi connectivity index (χ2v) is 7.11. The van der Waals surface area contributed by atoms with Crippen molar-refractivity contribution in [2.75, 3.05) is 0 Å². The first kappa shape index (κ1) is 17.4. The van der Waals surface area contributed by atoms with E-state index in [0.717, 1.165) is 29.7 Å². The molecule has 0 saturated heterocycles. The number of aliphatic hydroxyl groups is 1. The van der Waals surface area contributed by atoms with Crippen molar-refractivity contribution in [3.63, 3.8) is 0 Å². The van der Waals surface area contributed by atoms with E-state index in [2.05, 4.69) is 31.0 Å². The number of pyridine rings is 1. The SMILES string of the molecule is C[C@H]1[C@H](C=Cc2ccc(-c3ccccc3C#N)cn2)CC(O)C[C@@H]1C. The van der Waals surface area contributed by atoms with Crippen LogP contribution in [0.25, 0.3) is 17.2 Å². The van der Waals surface area contributed by atoms with Gasteiger partial charge in [-0.1, -0.05) is 44.2 Å². The summed E-state index contributed by atoms with van der Waals surface area (Å²) in [6, 6.07) is 13.8. The smallest absolute Gasteiger partial charge is 0.0998 e. The molecule has 1 fully saturated rings. The van der Waals surface area contributed by atoms with Gasteiger partial charge >= 0.3 is 0 Å². The molecule has 1 unspecified atom stereocenters. The Bertz CT molecular complexity index is 788. The van der Waals surface area contributed by atoms with E-state index < -0.39 is 0 Å². The van der Waals surface area contributed by atoms with E-state index in [-0.39, 0.29) is 6.10 Å². The van der Waals surface area contributed by atoms with Crippen molar-refractivity contribution >= 4 is 6.08 Å². The summed E-state index contributed by atoms with van der Waals surface area (Å²) in [5.74, 6) is 1.50. The minimum Gasteiger partial charge on any atom is -0.393 e. The second-order valence-electron chi connectivity index (χ2n) is 7.11. The maximum absolute atomic E-state index is 10.0. The van der Waals surface area contributed by atoms with Crippen LogP contribution in [0.5, 0.6) is 0 Å². The van der Waals surface area contributed by atoms with Gasteiger partial charge in [-0.2, -0.15) is 5.26 Å². The standard InChI is InChI=1S/C22H24N2O/c1-15-11-21(25)12-17(16(15)2)7-9-20-10-8-19(14-24-20)22-6-4-3-5-18(22)13-23/h3-10,14-17,21,25H,11-12H2,1-2H3/t15-,16+,17+,21?/m0/s1. The number of hydrogen-bond acceptors (Lipinski definition) is 3. The number of benzene rings is 1. The molecule has 0 spiro atoms. The first-order valence-corrected chi connectivity index (χ1v) is 8.90. The van der Waals surface area contributed by atoms with Crippen molar-refractivity contribution in [3.8, 4) is 17.2 Å². The van der Waals surface area contributed by atoms with E-state index >= 15 is 0 Å². The van der Waals surface area contributed by atoms with Crippen molar-refractivity contribution in [2.45, 2.75) is 32.8 Å². The van der Waals surface area contributed by atoms with Gasteiger partial charge in [0.2, 0.25) is 0 Å². The van der Waals surface area contributed by atoms with Gasteiger partial charge in [-0.3, -0.25) is 4.98 Å². The molecule has 1 saturated carbocycles. The van der Waals surface area contributed by atoms with E-state index in [4.69, 9.17) is 0 Å². The Morgan fingerprint density at radius 3 is 2.68 bits per heavy atom. The number of nitrogens with zero attached hydrogens (tertiary/aromatic N) is 2. The predicted molar refractivity (Wildman–Crippen MR) is 100 cm³/mol. The van der Waals surface area contributed by atoms with Gasteiger partial charge < -0.3 is 5.11 Å². The summed E-state index contributed by atoms with van der Waals surface area (Å²) in [7, 11) is 0. The van der Waals surface area contributed by atoms with E-state index in [9.17, 15) is 10.4 Å². The lowest BCUT2D eigenvalue weighted by Gasteiger charge is -2.35. The van der Waals surface area contributed by atoms with Gasteiger partial charge in [0.1, 0.15) is 0 Å². The van der Waals surface area contributed by atoms with E-state index in [1.165, 1.54) is 0 Å². The number of nitriles is 1. The third-order valence-electron chi connectivity index (χ3n) is 5.42. The minimum atomic E-state index is -0.196. The molecule has 1 N–H and O–H groups in total. The molecule has 3 nitrogen and oxygen atoms in total. The van der Waals surface area contributed by atoms with Crippen molar-refractivity contribution in [2.24, 2.45) is 17.8 Å². The van der Waals surface area contributed by atoms with Crippen LogP contribution in [-0.4, -0.2) is 16.2 Å². The molecule has 0 bridgehead atoms. The molecule has 0 amide bonds. The van der Waals surface area contributed by atoms with E-state index in [0.29, 0.717) is 23.3 Å². The largest absolute Gasteiger partial charge is 0.393 e. The van der Waals surface area contributed by atoms with Crippen molar-refractivity contribution < 1.29 is 5.11 Å². The molecule has 1 aromatic carbocycles. The van der Waals surface area contributed by atoms with Crippen LogP contribution in [0.3, 0.4) is 0 Å². The zero-order valence-electron chi connectivity index (χ0n) is 14.8. The molecule has 1 aliphatic carbocycles. The normalized spacial score (nSPS) is 26.5. The first-order valence-electron chi connectivity index (χ1n) is 8.90. The van der Waals surface area contributed by atoms with Gasteiger partial charge in [0, 0.05) is 17.3 Å². The fourth-order valence-corrected chi connectivity index (χ4v) is 3.66. The third-order valence-corrected chi connectivity index (χ3v) is 5.42. The molecule has 1 aliphatic rings. The molecule has 128 valence electrons. The van der Waals surface area contributed by atoms with Crippen LogP contribution in [-0.2, 0) is 0 Å². The molecule has 1 heterocycles. The third kappa shape index (κ3) is 3.97. The first-order chi connectivity index (χ1) is 12.1. The highest BCUT2D eigenvalue weighted by atomic mass is 16.3. The summed E-state index contributed by atoms with van der Waals surface area (Å²) in [6.45, 7) is 4.48. The zero-order chi connectivity index (χ0) is 17.8. The zero-order valence-corrected chi connectivity index (χ0v) is 14.8. The summed E-state index contributed by atoms with van der Waals surface area (Å²) < 4.78 is 0. The summed E-state index contributed by atoms with van der Waals surface area (Å²) in [6.07, 6.45) is 7.59. The summed E-state index contributed by atoms with van der Waals surface area (Å²) in [5.41, 5.74) is 3.42. The molecular formula is C22H24N2O. The topological polar surface area (TPSA) is 56.9 Å². The van der Waals surface area contributed by atoms with Crippen molar-refractivity contribution in [1.82, 2.24) is 4.98 Å². The fourth-order valence-electron chi connectivity index (χ4n) is 3.66. The van der Waals surface area contributed by atoms with Crippen LogP contribution >= 0.6 is 0 Å². The quantitative estimate of drug-likeness (QED) is 0.888. The predicted octanol–water partition coefficient (Wildman–Crippen LogP) is 4.68. The van der Waals surface area contributed by atoms with Gasteiger partial charge in [0.05, 0.1) is 23.4 Å². The monoisotopic (exact) mass is 332 g/mol. The average Bonchev–Trinajstić information content (AvgIpc) is 2.64.